The lowest BCUT2D eigenvalue weighted by molar-refractivity contribution is -0.121. The number of carbonyl (C=O) groups excluding carboxylic acids is 1. The highest BCUT2D eigenvalue weighted by Crippen LogP contribution is 2.17. The van der Waals surface area contributed by atoms with Gasteiger partial charge in [0.1, 0.15) is 5.75 Å². The van der Waals surface area contributed by atoms with Crippen LogP contribution < -0.4 is 15.4 Å². The van der Waals surface area contributed by atoms with Crippen LogP contribution in [0.15, 0.2) is 24.3 Å². The topological polar surface area (TPSA) is 50.4 Å². The molecule has 1 aliphatic heterocycles. The first-order valence-corrected chi connectivity index (χ1v) is 6.89. The van der Waals surface area contributed by atoms with E-state index in [1.807, 2.05) is 24.3 Å². The van der Waals surface area contributed by atoms with Crippen LogP contribution in [-0.4, -0.2) is 32.7 Å². The maximum Gasteiger partial charge on any atom is 0.220 e. The van der Waals surface area contributed by atoms with Crippen molar-refractivity contribution in [3.05, 3.63) is 29.8 Å². The minimum Gasteiger partial charge on any atom is -0.496 e. The molecular formula is C15H22N2O2. The van der Waals surface area contributed by atoms with Gasteiger partial charge in [-0.05, 0) is 43.5 Å². The van der Waals surface area contributed by atoms with Crippen molar-refractivity contribution in [1.82, 2.24) is 10.6 Å². The van der Waals surface area contributed by atoms with Crippen LogP contribution in [0.4, 0.5) is 0 Å². The van der Waals surface area contributed by atoms with Crippen molar-refractivity contribution in [3.8, 4) is 5.75 Å². The molecule has 0 bridgehead atoms. The quantitative estimate of drug-likeness (QED) is 0.813. The number of methoxy groups -OCH3 is 1. The molecule has 19 heavy (non-hydrogen) atoms. The molecule has 4 heteroatoms. The van der Waals surface area contributed by atoms with E-state index in [-0.39, 0.29) is 5.91 Å². The molecule has 0 aliphatic carbocycles. The van der Waals surface area contributed by atoms with Gasteiger partial charge < -0.3 is 15.4 Å². The maximum absolute atomic E-state index is 11.8. The van der Waals surface area contributed by atoms with Crippen LogP contribution in [0.2, 0.25) is 0 Å². The van der Waals surface area contributed by atoms with Gasteiger partial charge in [-0.2, -0.15) is 0 Å². The van der Waals surface area contributed by atoms with E-state index < -0.39 is 0 Å². The van der Waals surface area contributed by atoms with Gasteiger partial charge in [-0.25, -0.2) is 0 Å². The van der Waals surface area contributed by atoms with Gasteiger partial charge in [0.25, 0.3) is 0 Å². The second-order valence-electron chi connectivity index (χ2n) is 4.97. The van der Waals surface area contributed by atoms with Crippen molar-refractivity contribution in [1.29, 1.82) is 0 Å². The molecule has 0 spiro atoms. The highest BCUT2D eigenvalue weighted by Gasteiger charge is 2.17. The molecule has 0 radical (unpaired) electrons. The molecule has 0 saturated carbocycles. The number of hydrogen-bond donors (Lipinski definition) is 2. The molecule has 1 aromatic carbocycles. The molecule has 104 valence electrons. The first-order chi connectivity index (χ1) is 9.29. The van der Waals surface area contributed by atoms with Gasteiger partial charge in [-0.1, -0.05) is 18.2 Å². The lowest BCUT2D eigenvalue weighted by atomic mass is 10.0. The summed E-state index contributed by atoms with van der Waals surface area (Å²) in [4.78, 5) is 11.8. The first kappa shape index (κ1) is 13.9. The zero-order valence-corrected chi connectivity index (χ0v) is 11.4. The van der Waals surface area contributed by atoms with Crippen LogP contribution >= 0.6 is 0 Å². The van der Waals surface area contributed by atoms with Gasteiger partial charge in [0.15, 0.2) is 0 Å². The van der Waals surface area contributed by atoms with Gasteiger partial charge in [-0.3, -0.25) is 4.79 Å². The van der Waals surface area contributed by atoms with Gasteiger partial charge in [-0.15, -0.1) is 0 Å². The third-order valence-corrected chi connectivity index (χ3v) is 3.55. The van der Waals surface area contributed by atoms with Crippen molar-refractivity contribution in [3.63, 3.8) is 0 Å². The zero-order valence-electron chi connectivity index (χ0n) is 11.4. The Hall–Kier alpha value is -1.55. The summed E-state index contributed by atoms with van der Waals surface area (Å²) in [6, 6.07) is 7.92. The van der Waals surface area contributed by atoms with Gasteiger partial charge >= 0.3 is 0 Å². The zero-order chi connectivity index (χ0) is 13.5. The third-order valence-electron chi connectivity index (χ3n) is 3.55. The standard InChI is InChI=1S/C15H22N2O2/c1-19-14-5-3-2-4-13(14)7-9-17-15(18)10-12-6-8-16-11-12/h2-5,12,16H,6-11H2,1H3,(H,17,18). The van der Waals surface area contributed by atoms with E-state index in [0.717, 1.165) is 37.2 Å². The summed E-state index contributed by atoms with van der Waals surface area (Å²) in [6.45, 7) is 2.68. The van der Waals surface area contributed by atoms with Crippen molar-refractivity contribution in [2.45, 2.75) is 19.3 Å². The van der Waals surface area contributed by atoms with Crippen molar-refractivity contribution in [2.75, 3.05) is 26.7 Å². The highest BCUT2D eigenvalue weighted by atomic mass is 16.5. The Balaban J connectivity index is 1.72. The molecule has 4 nitrogen and oxygen atoms in total. The van der Waals surface area contributed by atoms with E-state index in [1.54, 1.807) is 7.11 Å². The highest BCUT2D eigenvalue weighted by molar-refractivity contribution is 5.76. The predicted molar refractivity (Wildman–Crippen MR) is 75.3 cm³/mol. The Bertz CT molecular complexity index is 414. The van der Waals surface area contributed by atoms with Crippen LogP contribution in [0.1, 0.15) is 18.4 Å². The van der Waals surface area contributed by atoms with Gasteiger partial charge in [0.2, 0.25) is 5.91 Å². The van der Waals surface area contributed by atoms with E-state index in [1.165, 1.54) is 0 Å². The average Bonchev–Trinajstić information content (AvgIpc) is 2.92. The molecule has 2 rings (SSSR count). The average molecular weight is 262 g/mol. The number of carbonyl (C=O) groups is 1. The van der Waals surface area contributed by atoms with Gasteiger partial charge in [0.05, 0.1) is 7.11 Å². The number of benzene rings is 1. The van der Waals surface area contributed by atoms with Crippen LogP contribution in [0.25, 0.3) is 0 Å². The number of rotatable bonds is 6. The van der Waals surface area contributed by atoms with Gasteiger partial charge in [0, 0.05) is 13.0 Å². The monoisotopic (exact) mass is 262 g/mol. The summed E-state index contributed by atoms with van der Waals surface area (Å²) < 4.78 is 5.29. The summed E-state index contributed by atoms with van der Waals surface area (Å²) in [7, 11) is 1.67. The lowest BCUT2D eigenvalue weighted by Gasteiger charge is -2.11. The maximum atomic E-state index is 11.8. The summed E-state index contributed by atoms with van der Waals surface area (Å²) in [5.41, 5.74) is 1.13. The van der Waals surface area contributed by atoms with E-state index in [2.05, 4.69) is 10.6 Å². The van der Waals surface area contributed by atoms with E-state index in [9.17, 15) is 4.79 Å². The number of para-hydroxylation sites is 1. The van der Waals surface area contributed by atoms with E-state index >= 15 is 0 Å². The molecule has 1 heterocycles. The molecule has 1 aromatic rings. The van der Waals surface area contributed by atoms with Crippen molar-refractivity contribution in [2.24, 2.45) is 5.92 Å². The normalized spacial score (nSPS) is 18.3. The van der Waals surface area contributed by atoms with Crippen LogP contribution in [0.3, 0.4) is 0 Å². The Kier molecular flexibility index (Phi) is 5.21. The second kappa shape index (κ2) is 7.14. The number of hydrogen-bond acceptors (Lipinski definition) is 3. The molecule has 1 saturated heterocycles. The second-order valence-corrected chi connectivity index (χ2v) is 4.97. The number of nitrogens with one attached hydrogen (secondary N) is 2. The summed E-state index contributed by atoms with van der Waals surface area (Å²) in [5, 5.41) is 6.27. The Morgan fingerprint density at radius 3 is 3.05 bits per heavy atom. The van der Waals surface area contributed by atoms with Crippen molar-refractivity contribution >= 4 is 5.91 Å². The Labute approximate surface area is 114 Å². The molecule has 1 atom stereocenters. The minimum absolute atomic E-state index is 0.156. The summed E-state index contributed by atoms with van der Waals surface area (Å²) >= 11 is 0. The molecule has 1 aliphatic rings. The van der Waals surface area contributed by atoms with Crippen LogP contribution in [-0.2, 0) is 11.2 Å². The first-order valence-electron chi connectivity index (χ1n) is 6.89. The molecular weight excluding hydrogens is 240 g/mol. The minimum atomic E-state index is 0.156. The molecule has 1 fully saturated rings. The fourth-order valence-corrected chi connectivity index (χ4v) is 2.47. The number of amides is 1. The van der Waals surface area contributed by atoms with Crippen molar-refractivity contribution < 1.29 is 9.53 Å². The number of ether oxygens (including phenoxy) is 1. The molecule has 0 aromatic heterocycles. The lowest BCUT2D eigenvalue weighted by Crippen LogP contribution is -2.28. The van der Waals surface area contributed by atoms with Crippen LogP contribution in [0, 0.1) is 5.92 Å². The summed E-state index contributed by atoms with van der Waals surface area (Å²) in [6.07, 6.45) is 2.55. The van der Waals surface area contributed by atoms with Crippen LogP contribution in [0.5, 0.6) is 5.75 Å². The molecule has 1 unspecified atom stereocenters. The molecule has 1 amide bonds. The Morgan fingerprint density at radius 1 is 1.47 bits per heavy atom. The third kappa shape index (κ3) is 4.24. The Morgan fingerprint density at radius 2 is 2.32 bits per heavy atom. The predicted octanol–water partition coefficient (Wildman–Crippen LogP) is 1.35. The SMILES string of the molecule is COc1ccccc1CCNC(=O)CC1CCNC1. The van der Waals surface area contributed by atoms with E-state index in [0.29, 0.717) is 18.9 Å². The smallest absolute Gasteiger partial charge is 0.220 e. The fourth-order valence-electron chi connectivity index (χ4n) is 2.47. The largest absolute Gasteiger partial charge is 0.496 e. The summed E-state index contributed by atoms with van der Waals surface area (Å²) in [5.74, 6) is 1.55. The van der Waals surface area contributed by atoms with E-state index in [4.69, 9.17) is 4.74 Å². The molecule has 2 N–H and O–H groups in total. The fraction of sp³-hybridized carbons (Fsp3) is 0.533.